The van der Waals surface area contributed by atoms with Gasteiger partial charge in [-0.15, -0.1) is 0 Å². The van der Waals surface area contributed by atoms with Crippen molar-refractivity contribution in [3.63, 3.8) is 0 Å². The fourth-order valence-electron chi connectivity index (χ4n) is 3.77. The number of anilines is 1. The summed E-state index contributed by atoms with van der Waals surface area (Å²) in [5, 5.41) is 9.77. The third-order valence-corrected chi connectivity index (χ3v) is 9.72. The van der Waals surface area contributed by atoms with E-state index in [9.17, 15) is 27.8 Å². The summed E-state index contributed by atoms with van der Waals surface area (Å²) in [6.07, 6.45) is 0.294. The molecular weight excluding hydrogens is 463 g/mol. The number of carboxylic acids is 1. The van der Waals surface area contributed by atoms with Crippen LogP contribution in [0.25, 0.3) is 0 Å². The summed E-state index contributed by atoms with van der Waals surface area (Å²) < 4.78 is 41.1. The Hall–Kier alpha value is -2.19. The number of sulfonamides is 1. The van der Waals surface area contributed by atoms with Gasteiger partial charge in [-0.3, -0.25) is 9.36 Å². The van der Waals surface area contributed by atoms with Crippen molar-refractivity contribution in [1.29, 1.82) is 0 Å². The number of hydrogen-bond acceptors (Lipinski definition) is 5. The van der Waals surface area contributed by atoms with E-state index in [2.05, 4.69) is 4.72 Å². The first kappa shape index (κ1) is 27.1. The van der Waals surface area contributed by atoms with Crippen LogP contribution in [0.1, 0.15) is 42.9 Å². The molecule has 33 heavy (non-hydrogen) atoms. The van der Waals surface area contributed by atoms with Crippen LogP contribution < -0.4 is 10.5 Å². The minimum absolute atomic E-state index is 0.207. The summed E-state index contributed by atoms with van der Waals surface area (Å²) in [5.74, 6) is -4.61. The van der Waals surface area contributed by atoms with Crippen molar-refractivity contribution in [3.8, 4) is 0 Å². The Balaban J connectivity index is 2.18. The fourth-order valence-corrected chi connectivity index (χ4v) is 8.23. The molecular formula is C23H33N2O6PS. The Morgan fingerprint density at radius 3 is 2.33 bits per heavy atom. The van der Waals surface area contributed by atoms with Crippen molar-refractivity contribution in [2.75, 3.05) is 17.6 Å². The van der Waals surface area contributed by atoms with E-state index in [1.807, 2.05) is 30.3 Å². The summed E-state index contributed by atoms with van der Waals surface area (Å²) in [4.78, 5) is 22.9. The fraction of sp³-hybridized carbons (Fsp3) is 0.435. The van der Waals surface area contributed by atoms with Gasteiger partial charge in [0.25, 0.3) is 0 Å². The van der Waals surface area contributed by atoms with E-state index in [-0.39, 0.29) is 5.75 Å². The maximum Gasteiger partial charge on any atom is 0.311 e. The van der Waals surface area contributed by atoms with Crippen LogP contribution in [-0.2, 0) is 25.8 Å². The summed E-state index contributed by atoms with van der Waals surface area (Å²) in [5.41, 5.74) is 8.13. The highest BCUT2D eigenvalue weighted by atomic mass is 32.2. The van der Waals surface area contributed by atoms with Gasteiger partial charge < -0.3 is 15.7 Å². The van der Waals surface area contributed by atoms with Gasteiger partial charge in [-0.05, 0) is 48.4 Å². The lowest BCUT2D eigenvalue weighted by Crippen LogP contribution is -2.41. The normalized spacial score (nSPS) is 15.7. The number of nitrogen functional groups attached to an aromatic ring is 1. The molecule has 5 N–H and O–H groups in total. The topological polar surface area (TPSA) is 147 Å². The van der Waals surface area contributed by atoms with Gasteiger partial charge in [-0.25, -0.2) is 13.1 Å². The van der Waals surface area contributed by atoms with Crippen LogP contribution in [0.15, 0.2) is 48.5 Å². The predicted octanol–water partition coefficient (Wildman–Crippen LogP) is 3.55. The smallest absolute Gasteiger partial charge is 0.311 e. The van der Waals surface area contributed by atoms with Crippen LogP contribution in [0.4, 0.5) is 5.69 Å². The molecule has 0 amide bonds. The van der Waals surface area contributed by atoms with E-state index in [0.717, 1.165) is 5.56 Å². The molecule has 0 radical (unpaired) electrons. The Bertz CT molecular complexity index is 1110. The van der Waals surface area contributed by atoms with Crippen LogP contribution in [-0.4, -0.2) is 42.1 Å². The van der Waals surface area contributed by atoms with Crippen molar-refractivity contribution in [1.82, 2.24) is 4.72 Å². The molecule has 0 saturated heterocycles. The summed E-state index contributed by atoms with van der Waals surface area (Å²) in [6.45, 7) is 4.90. The van der Waals surface area contributed by atoms with Gasteiger partial charge in [-0.1, -0.05) is 56.3 Å². The standard InChI is InChI=1S/C23H33N2O6PS/c1-16(2)22(25-33(30,31)14-8-11-18-9-5-4-6-10-18)32(28,29)15-20(23(26)27)19-12-7-13-21(24)17(19)3/h4-7,9-10,12-13,16,20,22,25H,8,11,14-15,24H2,1-3H3,(H,26,27)(H,28,29)/t20-,22+/m0/s1. The molecule has 0 aliphatic heterocycles. The molecule has 0 fully saturated rings. The number of carbonyl (C=O) groups is 1. The lowest BCUT2D eigenvalue weighted by molar-refractivity contribution is -0.138. The van der Waals surface area contributed by atoms with Gasteiger partial charge in [0.15, 0.2) is 0 Å². The maximum atomic E-state index is 13.3. The van der Waals surface area contributed by atoms with Crippen LogP contribution in [0.2, 0.25) is 0 Å². The van der Waals surface area contributed by atoms with E-state index >= 15 is 0 Å². The van der Waals surface area contributed by atoms with E-state index in [0.29, 0.717) is 29.7 Å². The van der Waals surface area contributed by atoms with Gasteiger partial charge in [0.2, 0.25) is 17.4 Å². The zero-order chi connectivity index (χ0) is 24.8. The molecule has 2 aromatic rings. The average molecular weight is 497 g/mol. The van der Waals surface area contributed by atoms with E-state index < -0.39 is 47.1 Å². The SMILES string of the molecule is Cc1c(N)cccc1[C@H](CP(=O)(O)[C@@H](NS(=O)(=O)CCCc1ccccc1)C(C)C)C(=O)O. The first-order chi connectivity index (χ1) is 15.3. The second-order valence-electron chi connectivity index (χ2n) is 8.61. The molecule has 0 spiro atoms. The number of nitrogens with one attached hydrogen (secondary N) is 1. The van der Waals surface area contributed by atoms with Gasteiger partial charge in [-0.2, -0.15) is 0 Å². The van der Waals surface area contributed by atoms with Gasteiger partial charge in [0.05, 0.1) is 11.7 Å². The Labute approximate surface area is 195 Å². The van der Waals surface area contributed by atoms with E-state index in [1.54, 1.807) is 39.0 Å². The number of rotatable bonds is 12. The minimum atomic E-state index is -4.27. The Kier molecular flexibility index (Phi) is 9.26. The molecule has 1 unspecified atom stereocenters. The van der Waals surface area contributed by atoms with Crippen LogP contribution in [0.5, 0.6) is 0 Å². The highest BCUT2D eigenvalue weighted by Gasteiger charge is 2.40. The number of benzene rings is 2. The van der Waals surface area contributed by atoms with Gasteiger partial charge >= 0.3 is 5.97 Å². The molecule has 0 saturated carbocycles. The number of aliphatic carboxylic acids is 1. The van der Waals surface area contributed by atoms with Gasteiger partial charge in [0.1, 0.15) is 5.78 Å². The first-order valence-electron chi connectivity index (χ1n) is 10.8. The quantitative estimate of drug-likeness (QED) is 0.259. The molecule has 8 nitrogen and oxygen atoms in total. The van der Waals surface area contributed by atoms with E-state index in [4.69, 9.17) is 5.73 Å². The lowest BCUT2D eigenvalue weighted by Gasteiger charge is -2.29. The third kappa shape index (κ3) is 7.67. The molecule has 10 heteroatoms. The molecule has 2 rings (SSSR count). The van der Waals surface area contributed by atoms with Crippen LogP contribution in [0.3, 0.4) is 0 Å². The van der Waals surface area contributed by atoms with Crippen molar-refractivity contribution >= 4 is 29.0 Å². The maximum absolute atomic E-state index is 13.3. The molecule has 0 bridgehead atoms. The second kappa shape index (κ2) is 11.3. The highest BCUT2D eigenvalue weighted by molar-refractivity contribution is 7.89. The molecule has 3 atom stereocenters. The molecule has 0 heterocycles. The molecule has 0 aliphatic rings. The Morgan fingerprint density at radius 1 is 1.12 bits per heavy atom. The van der Waals surface area contributed by atoms with Crippen molar-refractivity contribution < 1.29 is 27.8 Å². The predicted molar refractivity (Wildman–Crippen MR) is 131 cm³/mol. The Morgan fingerprint density at radius 2 is 1.76 bits per heavy atom. The average Bonchev–Trinajstić information content (AvgIpc) is 2.73. The molecule has 2 aromatic carbocycles. The second-order valence-corrected chi connectivity index (χ2v) is 12.9. The highest BCUT2D eigenvalue weighted by Crippen LogP contribution is 2.51. The minimum Gasteiger partial charge on any atom is -0.481 e. The largest absolute Gasteiger partial charge is 0.481 e. The number of carboxylic acid groups (broad SMARTS) is 1. The molecule has 182 valence electrons. The lowest BCUT2D eigenvalue weighted by atomic mass is 9.95. The van der Waals surface area contributed by atoms with Crippen molar-refractivity contribution in [2.45, 2.75) is 45.3 Å². The number of aryl methyl sites for hydroxylation is 1. The summed E-state index contributed by atoms with van der Waals surface area (Å²) in [7, 11) is -8.13. The number of nitrogens with two attached hydrogens (primary N) is 1. The van der Waals surface area contributed by atoms with E-state index in [1.165, 1.54) is 0 Å². The van der Waals surface area contributed by atoms with Crippen molar-refractivity contribution in [3.05, 3.63) is 65.2 Å². The third-order valence-electron chi connectivity index (χ3n) is 5.62. The summed E-state index contributed by atoms with van der Waals surface area (Å²) in [6, 6.07) is 14.2. The first-order valence-corrected chi connectivity index (χ1v) is 14.3. The van der Waals surface area contributed by atoms with Crippen molar-refractivity contribution in [2.24, 2.45) is 5.92 Å². The number of hydrogen-bond donors (Lipinski definition) is 4. The van der Waals surface area contributed by atoms with Crippen LogP contribution in [0, 0.1) is 12.8 Å². The van der Waals surface area contributed by atoms with Crippen LogP contribution >= 0.6 is 7.37 Å². The zero-order valence-corrected chi connectivity index (χ0v) is 20.9. The molecule has 0 aromatic heterocycles. The van der Waals surface area contributed by atoms with Gasteiger partial charge in [0, 0.05) is 11.8 Å². The monoisotopic (exact) mass is 496 g/mol. The molecule has 0 aliphatic carbocycles. The summed E-state index contributed by atoms with van der Waals surface area (Å²) >= 11 is 0. The zero-order valence-electron chi connectivity index (χ0n) is 19.1.